The molecule has 0 saturated heterocycles. The molecule has 0 bridgehead atoms. The van der Waals surface area contributed by atoms with E-state index < -0.39 is 0 Å². The molecule has 4 heteroatoms. The van der Waals surface area contributed by atoms with Gasteiger partial charge in [-0.1, -0.05) is 30.3 Å². The Balaban J connectivity index is 1.83. The molecule has 1 aromatic carbocycles. The molecular formula is C16H8S4. The minimum atomic E-state index is 1.33. The van der Waals surface area contributed by atoms with Crippen molar-refractivity contribution in [2.24, 2.45) is 0 Å². The van der Waals surface area contributed by atoms with Gasteiger partial charge in [0.25, 0.3) is 0 Å². The molecule has 0 aliphatic heterocycles. The molecule has 0 radical (unpaired) electrons. The number of hydrogen-bond donors (Lipinski definition) is 0. The number of thiophene rings is 4. The molecule has 0 saturated carbocycles. The lowest BCUT2D eigenvalue weighted by molar-refractivity contribution is 1.70. The Labute approximate surface area is 131 Å². The van der Waals surface area contributed by atoms with E-state index in [4.69, 9.17) is 0 Å². The molecule has 5 rings (SSSR count). The van der Waals surface area contributed by atoms with Crippen LogP contribution < -0.4 is 0 Å². The quantitative estimate of drug-likeness (QED) is 0.309. The highest BCUT2D eigenvalue weighted by Gasteiger charge is 2.15. The normalized spacial score (nSPS) is 12.0. The first-order valence-corrected chi connectivity index (χ1v) is 9.60. The van der Waals surface area contributed by atoms with Crippen molar-refractivity contribution in [1.82, 2.24) is 0 Å². The van der Waals surface area contributed by atoms with Crippen molar-refractivity contribution in [3.63, 3.8) is 0 Å². The van der Waals surface area contributed by atoms with Gasteiger partial charge < -0.3 is 0 Å². The molecular weight excluding hydrogens is 320 g/mol. The third-order valence-electron chi connectivity index (χ3n) is 3.43. The maximum absolute atomic E-state index is 2.35. The molecule has 0 fully saturated rings. The molecule has 4 heterocycles. The Kier molecular flexibility index (Phi) is 2.38. The van der Waals surface area contributed by atoms with Crippen molar-refractivity contribution >= 4 is 73.5 Å². The minimum absolute atomic E-state index is 1.33. The van der Waals surface area contributed by atoms with E-state index >= 15 is 0 Å². The van der Waals surface area contributed by atoms with Crippen LogP contribution in [0.25, 0.3) is 38.6 Å². The van der Waals surface area contributed by atoms with Gasteiger partial charge in [0.2, 0.25) is 0 Å². The summed E-state index contributed by atoms with van der Waals surface area (Å²) in [5.74, 6) is 0. The van der Waals surface area contributed by atoms with Crippen LogP contribution in [-0.4, -0.2) is 0 Å². The van der Waals surface area contributed by atoms with Gasteiger partial charge in [-0.15, -0.1) is 45.3 Å². The van der Waals surface area contributed by atoms with Crippen molar-refractivity contribution in [2.45, 2.75) is 0 Å². The number of rotatable bonds is 1. The van der Waals surface area contributed by atoms with Crippen LogP contribution in [0.15, 0.2) is 47.8 Å². The highest BCUT2D eigenvalue weighted by molar-refractivity contribution is 7.44. The Hall–Kier alpha value is -1.20. The van der Waals surface area contributed by atoms with Crippen LogP contribution in [0.4, 0.5) is 0 Å². The fourth-order valence-corrected chi connectivity index (χ4v) is 7.89. The first-order valence-electron chi connectivity index (χ1n) is 6.27. The van der Waals surface area contributed by atoms with Gasteiger partial charge in [0, 0.05) is 14.3 Å². The van der Waals surface area contributed by atoms with Crippen LogP contribution in [0.1, 0.15) is 0 Å². The fraction of sp³-hybridized carbons (Fsp3) is 0. The molecule has 0 N–H and O–H groups in total. The van der Waals surface area contributed by atoms with Crippen molar-refractivity contribution in [1.29, 1.82) is 0 Å². The van der Waals surface area contributed by atoms with Gasteiger partial charge in [-0.3, -0.25) is 0 Å². The highest BCUT2D eigenvalue weighted by Crippen LogP contribution is 2.50. The highest BCUT2D eigenvalue weighted by atomic mass is 32.1. The van der Waals surface area contributed by atoms with Crippen LogP contribution in [0, 0.1) is 0 Å². The third-order valence-corrected chi connectivity index (χ3v) is 8.53. The molecule has 0 amide bonds. The largest absolute Gasteiger partial charge is 0.141 e. The first-order chi connectivity index (χ1) is 9.90. The molecule has 0 atom stereocenters. The van der Waals surface area contributed by atoms with E-state index in [9.17, 15) is 0 Å². The van der Waals surface area contributed by atoms with Gasteiger partial charge in [0.15, 0.2) is 0 Å². The van der Waals surface area contributed by atoms with Crippen molar-refractivity contribution in [3.8, 4) is 10.4 Å². The Morgan fingerprint density at radius 2 is 1.45 bits per heavy atom. The summed E-state index contributed by atoms with van der Waals surface area (Å²) < 4.78 is 8.79. The second kappa shape index (κ2) is 4.15. The standard InChI is InChI=1S/C16H8S4/c1-2-4-9(5-3-1)11-8-12-14(19-11)16-15(20-12)13-10(18-16)6-7-17-13/h1-8H. The van der Waals surface area contributed by atoms with Crippen LogP contribution in [0.2, 0.25) is 0 Å². The number of fused-ring (bicyclic) bond motifs is 5. The predicted molar refractivity (Wildman–Crippen MR) is 95.9 cm³/mol. The van der Waals surface area contributed by atoms with Crippen molar-refractivity contribution in [3.05, 3.63) is 47.8 Å². The van der Waals surface area contributed by atoms with Gasteiger partial charge in [-0.2, -0.15) is 0 Å². The Morgan fingerprint density at radius 1 is 0.650 bits per heavy atom. The third kappa shape index (κ3) is 1.50. The lowest BCUT2D eigenvalue weighted by Gasteiger charge is -1.94. The van der Waals surface area contributed by atoms with E-state index in [-0.39, 0.29) is 0 Å². The molecule has 0 aliphatic rings. The van der Waals surface area contributed by atoms with Gasteiger partial charge in [0.05, 0.1) is 18.8 Å². The molecule has 4 aromatic heterocycles. The average Bonchev–Trinajstić information content (AvgIpc) is 3.18. The number of hydrogen-bond acceptors (Lipinski definition) is 4. The number of benzene rings is 1. The van der Waals surface area contributed by atoms with Gasteiger partial charge >= 0.3 is 0 Å². The monoisotopic (exact) mass is 328 g/mol. The fourth-order valence-electron chi connectivity index (χ4n) is 2.51. The summed E-state index contributed by atoms with van der Waals surface area (Å²) in [5.41, 5.74) is 1.33. The van der Waals surface area contributed by atoms with Crippen LogP contribution in [0.5, 0.6) is 0 Å². The summed E-state index contributed by atoms with van der Waals surface area (Å²) >= 11 is 7.69. The molecule has 20 heavy (non-hydrogen) atoms. The van der Waals surface area contributed by atoms with E-state index in [2.05, 4.69) is 47.8 Å². The average molecular weight is 329 g/mol. The van der Waals surface area contributed by atoms with Gasteiger partial charge in [0.1, 0.15) is 0 Å². The van der Waals surface area contributed by atoms with Crippen LogP contribution >= 0.6 is 45.3 Å². The Morgan fingerprint density at radius 3 is 2.35 bits per heavy atom. The summed E-state index contributed by atoms with van der Waals surface area (Å²) in [7, 11) is 0. The van der Waals surface area contributed by atoms with Crippen molar-refractivity contribution in [2.75, 3.05) is 0 Å². The Bertz CT molecular complexity index is 1040. The molecule has 5 aromatic rings. The van der Waals surface area contributed by atoms with E-state index in [1.165, 1.54) is 38.6 Å². The predicted octanol–water partition coefficient (Wildman–Crippen LogP) is 7.06. The topological polar surface area (TPSA) is 0 Å². The maximum atomic E-state index is 2.35. The van der Waals surface area contributed by atoms with E-state index in [0.29, 0.717) is 0 Å². The van der Waals surface area contributed by atoms with Gasteiger partial charge in [-0.25, -0.2) is 0 Å². The maximum Gasteiger partial charge on any atom is 0.0650 e. The van der Waals surface area contributed by atoms with Crippen LogP contribution in [0.3, 0.4) is 0 Å². The smallest absolute Gasteiger partial charge is 0.0650 e. The summed E-state index contributed by atoms with van der Waals surface area (Å²) in [4.78, 5) is 1.38. The summed E-state index contributed by atoms with van der Waals surface area (Å²) in [6, 6.07) is 15.3. The minimum Gasteiger partial charge on any atom is -0.141 e. The summed E-state index contributed by atoms with van der Waals surface area (Å²) in [5, 5.41) is 2.20. The lowest BCUT2D eigenvalue weighted by atomic mass is 10.2. The van der Waals surface area contributed by atoms with E-state index in [1.54, 1.807) is 0 Å². The molecule has 0 unspecified atom stereocenters. The van der Waals surface area contributed by atoms with Gasteiger partial charge in [-0.05, 0) is 23.1 Å². The second-order valence-corrected chi connectivity index (χ2v) is 8.72. The molecule has 96 valence electrons. The first kappa shape index (κ1) is 11.5. The molecule has 0 spiro atoms. The summed E-state index contributed by atoms with van der Waals surface area (Å²) in [6.07, 6.45) is 0. The van der Waals surface area contributed by atoms with Crippen molar-refractivity contribution < 1.29 is 0 Å². The molecule has 0 aliphatic carbocycles. The second-order valence-electron chi connectivity index (χ2n) is 4.65. The molecule has 0 nitrogen and oxygen atoms in total. The van der Waals surface area contributed by atoms with E-state index in [1.807, 2.05) is 45.3 Å². The lowest BCUT2D eigenvalue weighted by Crippen LogP contribution is -1.67. The zero-order valence-electron chi connectivity index (χ0n) is 10.3. The zero-order valence-corrected chi connectivity index (χ0v) is 13.5. The zero-order chi connectivity index (χ0) is 13.1. The van der Waals surface area contributed by atoms with E-state index in [0.717, 1.165) is 0 Å². The van der Waals surface area contributed by atoms with Crippen LogP contribution in [-0.2, 0) is 0 Å². The SMILES string of the molecule is c1ccc(-c2cc3sc4c5sccc5sc4c3s2)cc1. The summed E-state index contributed by atoms with van der Waals surface area (Å²) in [6.45, 7) is 0.